The minimum Gasteiger partial charge on any atom is -0.457 e. The van der Waals surface area contributed by atoms with Gasteiger partial charge in [0, 0.05) is 25.8 Å². The Hall–Kier alpha value is -2.38. The maximum atomic E-state index is 12.2. The molecule has 134 valence electrons. The van der Waals surface area contributed by atoms with Gasteiger partial charge in [0.25, 0.3) is 0 Å². The van der Waals surface area contributed by atoms with Crippen molar-refractivity contribution in [2.75, 3.05) is 0 Å². The number of hydrogen-bond acceptors (Lipinski definition) is 4. The number of esters is 1. The van der Waals surface area contributed by atoms with Gasteiger partial charge in [0.15, 0.2) is 5.70 Å². The van der Waals surface area contributed by atoms with Gasteiger partial charge in [-0.15, -0.1) is 0 Å². The Kier molecular flexibility index (Phi) is 4.88. The van der Waals surface area contributed by atoms with E-state index >= 15 is 0 Å². The molecule has 4 nitrogen and oxygen atoms in total. The zero-order chi connectivity index (χ0) is 19.0. The Morgan fingerprint density at radius 2 is 1.93 bits per heavy atom. The summed E-state index contributed by atoms with van der Waals surface area (Å²) in [5, 5.41) is 0.630. The van der Waals surface area contributed by atoms with Crippen LogP contribution in [-0.4, -0.2) is 11.9 Å². The lowest BCUT2D eigenvalue weighted by atomic mass is 10.1. The van der Waals surface area contributed by atoms with Gasteiger partial charge in [-0.3, -0.25) is 0 Å². The highest BCUT2D eigenvalue weighted by Crippen LogP contribution is 2.27. The first-order valence-electron chi connectivity index (χ1n) is 8.14. The van der Waals surface area contributed by atoms with Crippen LogP contribution in [0, 0.1) is 10.5 Å². The van der Waals surface area contributed by atoms with Crippen molar-refractivity contribution in [3.8, 4) is 11.3 Å². The third-order valence-electron chi connectivity index (χ3n) is 4.04. The first-order chi connectivity index (χ1) is 13.0. The number of halogens is 2. The second-order valence-corrected chi connectivity index (χ2v) is 7.61. The van der Waals surface area contributed by atoms with Crippen LogP contribution in [0.4, 0.5) is 0 Å². The largest absolute Gasteiger partial charge is 0.457 e. The Balaban J connectivity index is 1.63. The normalized spacial score (nSPS) is 15.1. The van der Waals surface area contributed by atoms with Gasteiger partial charge in [-0.05, 0) is 77.5 Å². The topological polar surface area (TPSA) is 51.8 Å². The number of rotatable bonds is 3. The fourth-order valence-electron chi connectivity index (χ4n) is 2.67. The highest BCUT2D eigenvalue weighted by atomic mass is 127. The lowest BCUT2D eigenvalue weighted by Crippen LogP contribution is -2.05. The molecule has 0 aliphatic carbocycles. The van der Waals surface area contributed by atoms with Gasteiger partial charge in [-0.1, -0.05) is 23.7 Å². The second kappa shape index (κ2) is 7.32. The molecule has 0 fully saturated rings. The highest BCUT2D eigenvalue weighted by molar-refractivity contribution is 14.1. The monoisotopic (exact) mass is 489 g/mol. The molecule has 0 saturated carbocycles. The van der Waals surface area contributed by atoms with Crippen molar-refractivity contribution >= 4 is 52.1 Å². The van der Waals surface area contributed by atoms with E-state index in [4.69, 9.17) is 20.8 Å². The van der Waals surface area contributed by atoms with Gasteiger partial charge in [0.1, 0.15) is 11.5 Å². The molecule has 2 aromatic carbocycles. The SMILES string of the molecule is Cc1cc(C2=N/C(=C\c3ccc(-c4cccc(Cl)c4)o3)C(=O)O2)ccc1I. The van der Waals surface area contributed by atoms with Crippen LogP contribution < -0.4 is 0 Å². The van der Waals surface area contributed by atoms with Crippen LogP contribution in [-0.2, 0) is 9.53 Å². The molecule has 0 atom stereocenters. The van der Waals surface area contributed by atoms with Crippen molar-refractivity contribution < 1.29 is 13.9 Å². The molecule has 0 unspecified atom stereocenters. The molecule has 0 radical (unpaired) electrons. The maximum Gasteiger partial charge on any atom is 0.363 e. The Morgan fingerprint density at radius 3 is 2.70 bits per heavy atom. The first kappa shape index (κ1) is 18.0. The number of hydrogen-bond donors (Lipinski definition) is 0. The Bertz CT molecular complexity index is 1110. The summed E-state index contributed by atoms with van der Waals surface area (Å²) in [5.74, 6) is 0.975. The number of carbonyl (C=O) groups is 1. The van der Waals surface area contributed by atoms with Crippen molar-refractivity contribution in [2.45, 2.75) is 6.92 Å². The van der Waals surface area contributed by atoms with Crippen LogP contribution in [0.2, 0.25) is 5.02 Å². The third-order valence-corrected chi connectivity index (χ3v) is 5.49. The predicted octanol–water partition coefficient (Wildman–Crippen LogP) is 5.86. The maximum absolute atomic E-state index is 12.2. The van der Waals surface area contributed by atoms with Gasteiger partial charge in [-0.25, -0.2) is 9.79 Å². The fourth-order valence-corrected chi connectivity index (χ4v) is 3.20. The molecule has 1 aliphatic rings. The van der Waals surface area contributed by atoms with Crippen molar-refractivity contribution in [3.63, 3.8) is 0 Å². The number of carbonyl (C=O) groups excluding carboxylic acids is 1. The van der Waals surface area contributed by atoms with E-state index in [0.29, 0.717) is 22.4 Å². The van der Waals surface area contributed by atoms with Crippen molar-refractivity contribution in [1.29, 1.82) is 0 Å². The minimum absolute atomic E-state index is 0.202. The average molecular weight is 490 g/mol. The summed E-state index contributed by atoms with van der Waals surface area (Å²) in [6.07, 6.45) is 1.57. The van der Waals surface area contributed by atoms with Crippen molar-refractivity contribution in [3.05, 3.63) is 85.8 Å². The molecule has 1 aliphatic heterocycles. The minimum atomic E-state index is -0.498. The molecule has 4 rings (SSSR count). The molecule has 0 amide bonds. The zero-order valence-electron chi connectivity index (χ0n) is 14.2. The summed E-state index contributed by atoms with van der Waals surface area (Å²) in [7, 11) is 0. The molecule has 0 bridgehead atoms. The number of aryl methyl sites for hydroxylation is 1. The van der Waals surface area contributed by atoms with Gasteiger partial charge >= 0.3 is 5.97 Å². The van der Waals surface area contributed by atoms with Crippen LogP contribution in [0.25, 0.3) is 17.4 Å². The summed E-state index contributed by atoms with van der Waals surface area (Å²) >= 11 is 8.28. The van der Waals surface area contributed by atoms with E-state index < -0.39 is 5.97 Å². The van der Waals surface area contributed by atoms with Gasteiger partial charge in [0.05, 0.1) is 0 Å². The molecule has 0 saturated heterocycles. The lowest BCUT2D eigenvalue weighted by molar-refractivity contribution is -0.129. The quantitative estimate of drug-likeness (QED) is 0.263. The highest BCUT2D eigenvalue weighted by Gasteiger charge is 2.25. The molecular formula is C21H13ClINO3. The second-order valence-electron chi connectivity index (χ2n) is 6.01. The standard InChI is InChI=1S/C21H13ClINO3/c1-12-9-14(5-7-17(12)23)20-24-18(21(25)27-20)11-16-6-8-19(26-16)13-3-2-4-15(22)10-13/h2-11H,1H3/b18-11-. The van der Waals surface area contributed by atoms with E-state index in [1.54, 1.807) is 18.2 Å². The van der Waals surface area contributed by atoms with E-state index in [1.807, 2.05) is 49.4 Å². The number of cyclic esters (lactones) is 1. The smallest absolute Gasteiger partial charge is 0.363 e. The zero-order valence-corrected chi connectivity index (χ0v) is 17.1. The van der Waals surface area contributed by atoms with Gasteiger partial charge in [-0.2, -0.15) is 0 Å². The summed E-state index contributed by atoms with van der Waals surface area (Å²) in [6, 6.07) is 16.8. The lowest BCUT2D eigenvalue weighted by Gasteiger charge is -2.02. The van der Waals surface area contributed by atoms with Crippen LogP contribution in [0.1, 0.15) is 16.9 Å². The van der Waals surface area contributed by atoms with Crippen molar-refractivity contribution in [2.24, 2.45) is 4.99 Å². The first-order valence-corrected chi connectivity index (χ1v) is 9.60. The summed E-state index contributed by atoms with van der Waals surface area (Å²) in [5.41, 5.74) is 2.93. The van der Waals surface area contributed by atoms with Gasteiger partial charge in [0.2, 0.25) is 5.90 Å². The van der Waals surface area contributed by atoms with E-state index in [1.165, 1.54) is 0 Å². The number of furan rings is 1. The van der Waals surface area contributed by atoms with Crippen LogP contribution in [0.5, 0.6) is 0 Å². The van der Waals surface area contributed by atoms with E-state index in [2.05, 4.69) is 27.6 Å². The Morgan fingerprint density at radius 1 is 1.07 bits per heavy atom. The molecular weight excluding hydrogens is 477 g/mol. The van der Waals surface area contributed by atoms with E-state index in [9.17, 15) is 4.79 Å². The molecule has 3 aromatic rings. The molecule has 0 N–H and O–H groups in total. The molecule has 2 heterocycles. The number of aliphatic imine (C=N–C) groups is 1. The van der Waals surface area contributed by atoms with Crippen LogP contribution in [0.15, 0.2) is 69.7 Å². The number of nitrogens with zero attached hydrogens (tertiary/aromatic N) is 1. The van der Waals surface area contributed by atoms with Crippen molar-refractivity contribution in [1.82, 2.24) is 0 Å². The number of benzene rings is 2. The van der Waals surface area contributed by atoms with Crippen LogP contribution in [0.3, 0.4) is 0 Å². The molecule has 1 aromatic heterocycles. The predicted molar refractivity (Wildman–Crippen MR) is 114 cm³/mol. The number of ether oxygens (including phenoxy) is 1. The molecule has 27 heavy (non-hydrogen) atoms. The van der Waals surface area contributed by atoms with E-state index in [0.717, 1.165) is 20.3 Å². The van der Waals surface area contributed by atoms with Crippen LogP contribution >= 0.6 is 34.2 Å². The van der Waals surface area contributed by atoms with Gasteiger partial charge < -0.3 is 9.15 Å². The fraction of sp³-hybridized carbons (Fsp3) is 0.0476. The molecule has 6 heteroatoms. The molecule has 0 spiro atoms. The third kappa shape index (κ3) is 3.84. The van der Waals surface area contributed by atoms with E-state index in [-0.39, 0.29) is 5.70 Å². The average Bonchev–Trinajstić information content (AvgIpc) is 3.25. The summed E-state index contributed by atoms with van der Waals surface area (Å²) < 4.78 is 12.3. The summed E-state index contributed by atoms with van der Waals surface area (Å²) in [6.45, 7) is 2.00. The summed E-state index contributed by atoms with van der Waals surface area (Å²) in [4.78, 5) is 16.5. The Labute approximate surface area is 174 Å².